The highest BCUT2D eigenvalue weighted by atomic mass is 32.2. The van der Waals surface area contributed by atoms with E-state index in [1.165, 1.54) is 6.26 Å². The van der Waals surface area contributed by atoms with E-state index in [2.05, 4.69) is 0 Å². The second-order valence-corrected chi connectivity index (χ2v) is 8.42. The Hall–Kier alpha value is -0.910. The van der Waals surface area contributed by atoms with Crippen LogP contribution in [0.2, 0.25) is 0 Å². The minimum Gasteiger partial charge on any atom is -0.384 e. The predicted octanol–water partition coefficient (Wildman–Crippen LogP) is 2.69. The maximum Gasteiger partial charge on any atom is 0.153 e. The van der Waals surface area contributed by atoms with E-state index in [1.807, 2.05) is 29.6 Å². The van der Waals surface area contributed by atoms with Gasteiger partial charge in [-0.1, -0.05) is 18.2 Å². The van der Waals surface area contributed by atoms with Crippen LogP contribution in [0, 0.1) is 0 Å². The van der Waals surface area contributed by atoms with Crippen molar-refractivity contribution in [1.29, 1.82) is 0 Å². The first-order chi connectivity index (χ1) is 8.93. The number of rotatable bonds is 2. The number of hydrogen-bond acceptors (Lipinski definition) is 4. The van der Waals surface area contributed by atoms with Gasteiger partial charge in [-0.2, -0.15) is 0 Å². The second-order valence-electron chi connectivity index (χ2n) is 5.28. The number of sulfone groups is 1. The Morgan fingerprint density at radius 2 is 2.16 bits per heavy atom. The van der Waals surface area contributed by atoms with E-state index in [1.54, 1.807) is 11.3 Å². The first kappa shape index (κ1) is 13.1. The fraction of sp³-hybridized carbons (Fsp3) is 0.429. The zero-order valence-electron chi connectivity index (χ0n) is 10.7. The standard InChI is InChI=1S/C14H16O3S2/c1-19(16,17)12-6-3-8-14(12,15)11-5-2-4-10-7-9-18-13(10)11/h2,4-5,7,9,12,15H,3,6,8H2,1H3. The Kier molecular flexibility index (Phi) is 2.96. The zero-order chi connectivity index (χ0) is 13.7. The lowest BCUT2D eigenvalue weighted by molar-refractivity contribution is 0.0494. The molecule has 2 aromatic rings. The molecule has 1 N–H and O–H groups in total. The largest absolute Gasteiger partial charge is 0.384 e. The summed E-state index contributed by atoms with van der Waals surface area (Å²) >= 11 is 1.56. The Morgan fingerprint density at radius 1 is 1.37 bits per heavy atom. The summed E-state index contributed by atoms with van der Waals surface area (Å²) in [4.78, 5) is 0. The van der Waals surface area contributed by atoms with Gasteiger partial charge < -0.3 is 5.11 Å². The third-order valence-corrected chi connectivity index (χ3v) is 6.64. The predicted molar refractivity (Wildman–Crippen MR) is 78.2 cm³/mol. The molecule has 3 rings (SSSR count). The quantitative estimate of drug-likeness (QED) is 0.927. The highest BCUT2D eigenvalue weighted by molar-refractivity contribution is 7.91. The fourth-order valence-electron chi connectivity index (χ4n) is 3.17. The van der Waals surface area contributed by atoms with Crippen molar-refractivity contribution >= 4 is 31.3 Å². The highest BCUT2D eigenvalue weighted by Gasteiger charge is 2.48. The SMILES string of the molecule is CS(=O)(=O)C1CCCC1(O)c1cccc2ccsc12. The molecule has 1 heterocycles. The Bertz CT molecular complexity index is 717. The summed E-state index contributed by atoms with van der Waals surface area (Å²) < 4.78 is 24.9. The van der Waals surface area contributed by atoms with Crippen LogP contribution >= 0.6 is 11.3 Å². The van der Waals surface area contributed by atoms with Crippen molar-refractivity contribution < 1.29 is 13.5 Å². The Labute approximate surface area is 116 Å². The van der Waals surface area contributed by atoms with Crippen LogP contribution in [0.5, 0.6) is 0 Å². The lowest BCUT2D eigenvalue weighted by Crippen LogP contribution is -2.39. The highest BCUT2D eigenvalue weighted by Crippen LogP contribution is 2.45. The Morgan fingerprint density at radius 3 is 2.89 bits per heavy atom. The van der Waals surface area contributed by atoms with Crippen LogP contribution in [0.1, 0.15) is 24.8 Å². The van der Waals surface area contributed by atoms with Crippen molar-refractivity contribution in [1.82, 2.24) is 0 Å². The summed E-state index contributed by atoms with van der Waals surface area (Å²) in [5, 5.41) is 13.4. The monoisotopic (exact) mass is 296 g/mol. The smallest absolute Gasteiger partial charge is 0.153 e. The van der Waals surface area contributed by atoms with Crippen LogP contribution in [0.3, 0.4) is 0 Å². The van der Waals surface area contributed by atoms with Crippen LogP contribution in [0.4, 0.5) is 0 Å². The molecule has 1 aromatic carbocycles. The molecule has 1 fully saturated rings. The van der Waals surface area contributed by atoms with Gasteiger partial charge in [-0.25, -0.2) is 8.42 Å². The molecule has 2 unspecified atom stereocenters. The average molecular weight is 296 g/mol. The molecule has 1 aliphatic rings. The van der Waals surface area contributed by atoms with Crippen molar-refractivity contribution in [2.45, 2.75) is 30.1 Å². The van der Waals surface area contributed by atoms with E-state index in [4.69, 9.17) is 0 Å². The molecule has 0 saturated heterocycles. The average Bonchev–Trinajstić information content (AvgIpc) is 2.93. The first-order valence-electron chi connectivity index (χ1n) is 6.31. The second kappa shape index (κ2) is 4.30. The topological polar surface area (TPSA) is 54.4 Å². The molecule has 3 nitrogen and oxygen atoms in total. The molecule has 0 amide bonds. The molecule has 0 aliphatic heterocycles. The van der Waals surface area contributed by atoms with E-state index < -0.39 is 20.7 Å². The molecule has 1 aliphatic carbocycles. The third kappa shape index (κ3) is 2.00. The van der Waals surface area contributed by atoms with Crippen molar-refractivity contribution in [2.75, 3.05) is 6.26 Å². The molecule has 5 heteroatoms. The Balaban J connectivity index is 2.22. The summed E-state index contributed by atoms with van der Waals surface area (Å²) in [5.41, 5.74) is -0.467. The molecule has 19 heavy (non-hydrogen) atoms. The van der Waals surface area contributed by atoms with Crippen LogP contribution in [-0.2, 0) is 15.4 Å². The van der Waals surface area contributed by atoms with Gasteiger partial charge in [0, 0.05) is 16.5 Å². The molecule has 0 spiro atoms. The minimum atomic E-state index is -3.26. The molecular formula is C14H16O3S2. The van der Waals surface area contributed by atoms with E-state index >= 15 is 0 Å². The molecular weight excluding hydrogens is 280 g/mol. The van der Waals surface area contributed by atoms with Gasteiger partial charge in [0.15, 0.2) is 9.84 Å². The van der Waals surface area contributed by atoms with Gasteiger partial charge in [0.05, 0.1) is 5.25 Å². The van der Waals surface area contributed by atoms with Gasteiger partial charge in [0.2, 0.25) is 0 Å². The van der Waals surface area contributed by atoms with E-state index in [0.29, 0.717) is 12.8 Å². The van der Waals surface area contributed by atoms with E-state index in [9.17, 15) is 13.5 Å². The van der Waals surface area contributed by atoms with Gasteiger partial charge in [-0.15, -0.1) is 11.3 Å². The number of thiophene rings is 1. The van der Waals surface area contributed by atoms with Gasteiger partial charge >= 0.3 is 0 Å². The van der Waals surface area contributed by atoms with E-state index in [-0.39, 0.29) is 0 Å². The number of fused-ring (bicyclic) bond motifs is 1. The van der Waals surface area contributed by atoms with Crippen LogP contribution in [0.15, 0.2) is 29.6 Å². The molecule has 1 saturated carbocycles. The summed E-state index contributed by atoms with van der Waals surface area (Å²) in [7, 11) is -3.26. The summed E-state index contributed by atoms with van der Waals surface area (Å²) in [6.45, 7) is 0. The van der Waals surface area contributed by atoms with Crippen LogP contribution in [-0.4, -0.2) is 25.0 Å². The minimum absolute atomic E-state index is 0.516. The zero-order valence-corrected chi connectivity index (χ0v) is 12.3. The van der Waals surface area contributed by atoms with Crippen LogP contribution in [0.25, 0.3) is 10.1 Å². The lowest BCUT2D eigenvalue weighted by atomic mass is 9.91. The maximum atomic E-state index is 11.9. The van der Waals surface area contributed by atoms with Gasteiger partial charge in [0.25, 0.3) is 0 Å². The molecule has 0 bridgehead atoms. The molecule has 0 radical (unpaired) electrons. The van der Waals surface area contributed by atoms with Crippen molar-refractivity contribution in [3.05, 3.63) is 35.2 Å². The first-order valence-corrected chi connectivity index (χ1v) is 9.14. The maximum absolute atomic E-state index is 11.9. The van der Waals surface area contributed by atoms with Gasteiger partial charge in [-0.3, -0.25) is 0 Å². The lowest BCUT2D eigenvalue weighted by Gasteiger charge is -2.30. The van der Waals surface area contributed by atoms with E-state index in [0.717, 1.165) is 22.1 Å². The number of hydrogen-bond donors (Lipinski definition) is 1. The number of aliphatic hydroxyl groups is 1. The summed E-state index contributed by atoms with van der Waals surface area (Å²) in [5.74, 6) is 0. The van der Waals surface area contributed by atoms with Gasteiger partial charge in [-0.05, 0) is 36.1 Å². The van der Waals surface area contributed by atoms with Crippen LogP contribution < -0.4 is 0 Å². The third-order valence-electron chi connectivity index (χ3n) is 4.02. The fourth-order valence-corrected chi connectivity index (χ4v) is 5.71. The summed E-state index contributed by atoms with van der Waals surface area (Å²) in [6, 6.07) is 7.74. The van der Waals surface area contributed by atoms with Crippen molar-refractivity contribution in [3.63, 3.8) is 0 Å². The molecule has 102 valence electrons. The van der Waals surface area contributed by atoms with Gasteiger partial charge in [0.1, 0.15) is 5.60 Å². The normalized spacial score (nSPS) is 28.0. The summed E-state index contributed by atoms with van der Waals surface area (Å²) in [6.07, 6.45) is 3.03. The van der Waals surface area contributed by atoms with Crippen molar-refractivity contribution in [3.8, 4) is 0 Å². The molecule has 1 aromatic heterocycles. The number of benzene rings is 1. The van der Waals surface area contributed by atoms with Crippen molar-refractivity contribution in [2.24, 2.45) is 0 Å². The molecule has 2 atom stereocenters.